The lowest BCUT2D eigenvalue weighted by Gasteiger charge is -2.25. The lowest BCUT2D eigenvalue weighted by Crippen LogP contribution is -2.35. The molecule has 2 atom stereocenters. The van der Waals surface area contributed by atoms with Gasteiger partial charge in [0.1, 0.15) is 11.2 Å². The Balaban J connectivity index is 1.86. The first-order valence-electron chi connectivity index (χ1n) is 9.99. The molecule has 0 radical (unpaired) electrons. The van der Waals surface area contributed by atoms with Crippen molar-refractivity contribution in [1.29, 1.82) is 0 Å². The van der Waals surface area contributed by atoms with Gasteiger partial charge >= 0.3 is 5.69 Å². The summed E-state index contributed by atoms with van der Waals surface area (Å²) in [6.45, 7) is 6.52. The molecule has 4 rings (SSSR count). The van der Waals surface area contributed by atoms with E-state index in [1.807, 2.05) is 4.90 Å². The number of halogens is 1. The molecule has 1 aliphatic carbocycles. The average molecular weight is 390 g/mol. The molecule has 2 N–H and O–H groups in total. The number of nitrogens with one attached hydrogen (secondary N) is 2. The summed E-state index contributed by atoms with van der Waals surface area (Å²) in [5.41, 5.74) is -0.296. The van der Waals surface area contributed by atoms with Gasteiger partial charge in [-0.15, -0.1) is 0 Å². The molecule has 2 aliphatic rings. The summed E-state index contributed by atoms with van der Waals surface area (Å²) in [5, 5.41) is 3.59. The maximum atomic E-state index is 15.1. The fraction of sp³-hybridized carbons (Fsp3) is 0.600. The number of methoxy groups -OCH3 is 1. The summed E-state index contributed by atoms with van der Waals surface area (Å²) < 4.78 is 22.3. The van der Waals surface area contributed by atoms with Crippen LogP contribution in [-0.4, -0.2) is 42.3 Å². The smallest absolute Gasteiger partial charge is 0.329 e. The van der Waals surface area contributed by atoms with E-state index in [2.05, 4.69) is 24.1 Å². The van der Waals surface area contributed by atoms with Gasteiger partial charge in [0, 0.05) is 25.2 Å². The highest BCUT2D eigenvalue weighted by Gasteiger charge is 2.34. The summed E-state index contributed by atoms with van der Waals surface area (Å²) in [5.74, 6) is 0.180. The normalized spacial score (nSPS) is 20.7. The molecular formula is C20H27FN4O3. The molecule has 1 aromatic heterocycles. The number of fused-ring (bicyclic) bond motifs is 1. The monoisotopic (exact) mass is 390 g/mol. The third-order valence-electron chi connectivity index (χ3n) is 6.00. The van der Waals surface area contributed by atoms with E-state index in [4.69, 9.17) is 4.74 Å². The molecule has 2 aromatic rings. The van der Waals surface area contributed by atoms with E-state index in [9.17, 15) is 9.59 Å². The van der Waals surface area contributed by atoms with Gasteiger partial charge in [0.25, 0.3) is 5.56 Å². The van der Waals surface area contributed by atoms with Crippen molar-refractivity contribution in [3.8, 4) is 5.75 Å². The first-order chi connectivity index (χ1) is 13.5. The summed E-state index contributed by atoms with van der Waals surface area (Å²) >= 11 is 0. The van der Waals surface area contributed by atoms with Gasteiger partial charge in [-0.25, -0.2) is 9.18 Å². The molecule has 0 bridgehead atoms. The van der Waals surface area contributed by atoms with Crippen LogP contribution in [0.4, 0.5) is 10.1 Å². The van der Waals surface area contributed by atoms with Crippen LogP contribution in [0, 0.1) is 11.7 Å². The maximum absolute atomic E-state index is 15.1. The highest BCUT2D eigenvalue weighted by molar-refractivity contribution is 5.91. The van der Waals surface area contributed by atoms with Crippen LogP contribution in [0.25, 0.3) is 10.9 Å². The first kappa shape index (κ1) is 19.0. The Labute approximate surface area is 162 Å². The zero-order valence-corrected chi connectivity index (χ0v) is 16.5. The van der Waals surface area contributed by atoms with Gasteiger partial charge in [-0.1, -0.05) is 6.92 Å². The van der Waals surface area contributed by atoms with Crippen molar-refractivity contribution in [1.82, 2.24) is 14.9 Å². The van der Waals surface area contributed by atoms with Crippen LogP contribution in [0.3, 0.4) is 0 Å². The largest absolute Gasteiger partial charge is 0.492 e. The van der Waals surface area contributed by atoms with Crippen molar-refractivity contribution in [2.45, 2.75) is 45.2 Å². The number of H-pyrrole nitrogens is 1. The standard InChI is InChI=1S/C20H27FN4O3/c1-4-22-11(2)12-7-8-24(10-12)17-15(21)9-14-16(18(17)28-3)25(13-5-6-13)20(27)23-19(14)26/h9,11-13,22H,4-8,10H2,1-3H3,(H,23,26,27)/t11-,12+/m1/s1. The van der Waals surface area contributed by atoms with E-state index < -0.39 is 17.1 Å². The second-order valence-electron chi connectivity index (χ2n) is 7.84. The van der Waals surface area contributed by atoms with Gasteiger partial charge < -0.3 is 15.0 Å². The minimum atomic E-state index is -0.583. The molecule has 1 saturated heterocycles. The molecule has 7 nitrogen and oxygen atoms in total. The van der Waals surface area contributed by atoms with Gasteiger partial charge in [-0.05, 0) is 44.7 Å². The number of anilines is 1. The van der Waals surface area contributed by atoms with Gasteiger partial charge in [-0.2, -0.15) is 0 Å². The highest BCUT2D eigenvalue weighted by atomic mass is 19.1. The summed E-state index contributed by atoms with van der Waals surface area (Å²) in [6, 6.07) is 1.60. The van der Waals surface area contributed by atoms with Crippen LogP contribution in [-0.2, 0) is 0 Å². The highest BCUT2D eigenvalue weighted by Crippen LogP contribution is 2.43. The molecule has 0 amide bonds. The van der Waals surface area contributed by atoms with E-state index in [1.54, 1.807) is 4.57 Å². The Kier molecular flexibility index (Phi) is 4.91. The topological polar surface area (TPSA) is 79.4 Å². The number of rotatable bonds is 6. The predicted octanol–water partition coefficient (Wildman–Crippen LogP) is 2.00. The third kappa shape index (κ3) is 3.09. The lowest BCUT2D eigenvalue weighted by atomic mass is 10.0. The van der Waals surface area contributed by atoms with E-state index in [-0.39, 0.29) is 17.2 Å². The van der Waals surface area contributed by atoms with Gasteiger partial charge in [0.15, 0.2) is 11.6 Å². The van der Waals surface area contributed by atoms with E-state index in [0.717, 1.165) is 25.8 Å². The Bertz CT molecular complexity index is 1010. The molecule has 8 heteroatoms. The SMILES string of the molecule is CCN[C@H](C)[C@H]1CCN(c2c(F)cc3c(=O)[nH]c(=O)n(C4CC4)c3c2OC)C1. The molecule has 1 aromatic carbocycles. The Morgan fingerprint density at radius 3 is 2.75 bits per heavy atom. The van der Waals surface area contributed by atoms with Crippen LogP contribution in [0.1, 0.15) is 39.2 Å². The van der Waals surface area contributed by atoms with Gasteiger partial charge in [0.05, 0.1) is 12.5 Å². The maximum Gasteiger partial charge on any atom is 0.329 e. The second kappa shape index (κ2) is 7.24. The van der Waals surface area contributed by atoms with Crippen molar-refractivity contribution in [2.75, 3.05) is 31.6 Å². The van der Waals surface area contributed by atoms with Crippen molar-refractivity contribution in [3.63, 3.8) is 0 Å². The van der Waals surface area contributed by atoms with Gasteiger partial charge in [0.2, 0.25) is 0 Å². The Morgan fingerprint density at radius 1 is 1.36 bits per heavy atom. The van der Waals surface area contributed by atoms with E-state index in [1.165, 1.54) is 13.2 Å². The molecule has 1 aliphatic heterocycles. The average Bonchev–Trinajstić information content (AvgIpc) is 3.37. The number of benzene rings is 1. The second-order valence-corrected chi connectivity index (χ2v) is 7.84. The number of aromatic nitrogens is 2. The van der Waals surface area contributed by atoms with E-state index in [0.29, 0.717) is 36.3 Å². The number of ether oxygens (including phenoxy) is 1. The van der Waals surface area contributed by atoms with Crippen LogP contribution in [0.5, 0.6) is 5.75 Å². The lowest BCUT2D eigenvalue weighted by molar-refractivity contribution is 0.405. The van der Waals surface area contributed by atoms with E-state index >= 15 is 4.39 Å². The van der Waals surface area contributed by atoms with Crippen molar-refractivity contribution >= 4 is 16.6 Å². The molecule has 2 heterocycles. The van der Waals surface area contributed by atoms with Crippen molar-refractivity contribution < 1.29 is 9.13 Å². The molecule has 28 heavy (non-hydrogen) atoms. The molecule has 0 unspecified atom stereocenters. The molecule has 152 valence electrons. The number of nitrogens with zero attached hydrogens (tertiary/aromatic N) is 2. The van der Waals surface area contributed by atoms with Gasteiger partial charge in [-0.3, -0.25) is 14.3 Å². The Morgan fingerprint density at radius 2 is 2.11 bits per heavy atom. The number of hydrogen-bond donors (Lipinski definition) is 2. The molecule has 0 spiro atoms. The minimum Gasteiger partial charge on any atom is -0.492 e. The Hall–Kier alpha value is -2.35. The minimum absolute atomic E-state index is 0.0270. The quantitative estimate of drug-likeness (QED) is 0.789. The zero-order chi connectivity index (χ0) is 20.0. The molecule has 1 saturated carbocycles. The third-order valence-corrected chi connectivity index (χ3v) is 6.00. The zero-order valence-electron chi connectivity index (χ0n) is 16.5. The van der Waals surface area contributed by atoms with Crippen molar-refractivity contribution in [3.05, 3.63) is 32.7 Å². The van der Waals surface area contributed by atoms with Crippen molar-refractivity contribution in [2.24, 2.45) is 5.92 Å². The summed E-state index contributed by atoms with van der Waals surface area (Å²) in [7, 11) is 1.47. The van der Waals surface area contributed by atoms with Crippen LogP contribution in [0.15, 0.2) is 15.7 Å². The number of aromatic amines is 1. The van der Waals surface area contributed by atoms with Crippen LogP contribution < -0.4 is 26.2 Å². The van der Waals surface area contributed by atoms with Crippen LogP contribution in [0.2, 0.25) is 0 Å². The first-order valence-corrected chi connectivity index (χ1v) is 9.99. The summed E-state index contributed by atoms with van der Waals surface area (Å²) in [6.07, 6.45) is 2.67. The predicted molar refractivity (Wildman–Crippen MR) is 107 cm³/mol. The molecule has 2 fully saturated rings. The fourth-order valence-corrected chi connectivity index (χ4v) is 4.40. The number of hydrogen-bond acceptors (Lipinski definition) is 5. The fourth-order valence-electron chi connectivity index (χ4n) is 4.40. The summed E-state index contributed by atoms with van der Waals surface area (Å²) in [4.78, 5) is 29.1. The molecular weight excluding hydrogens is 363 g/mol. The van der Waals surface area contributed by atoms with Crippen LogP contribution >= 0.6 is 0 Å².